The molecule has 0 atom stereocenters. The number of hydrogen-bond acceptors (Lipinski definition) is 5. The van der Waals surface area contributed by atoms with Crippen LogP contribution in [0.5, 0.6) is 17.2 Å². The van der Waals surface area contributed by atoms with E-state index in [2.05, 4.69) is 41.4 Å². The molecule has 0 aliphatic carbocycles. The molecule has 2 amide bonds. The number of carbonyl (C=O) groups is 1. The molecule has 0 spiro atoms. The van der Waals surface area contributed by atoms with Crippen LogP contribution in [0.1, 0.15) is 12.5 Å². The molecule has 7 heteroatoms. The van der Waals surface area contributed by atoms with E-state index in [1.165, 1.54) is 11.3 Å². The summed E-state index contributed by atoms with van der Waals surface area (Å²) in [5.41, 5.74) is 3.20. The molecule has 0 saturated carbocycles. The van der Waals surface area contributed by atoms with E-state index >= 15 is 0 Å². The molecule has 1 heterocycles. The van der Waals surface area contributed by atoms with Gasteiger partial charge in [-0.1, -0.05) is 25.1 Å². The molecule has 1 aliphatic rings. The van der Waals surface area contributed by atoms with Crippen molar-refractivity contribution in [2.24, 2.45) is 0 Å². The maximum atomic E-state index is 12.8. The highest BCUT2D eigenvalue weighted by molar-refractivity contribution is 5.90. The maximum absolute atomic E-state index is 12.8. The van der Waals surface area contributed by atoms with Crippen LogP contribution in [-0.4, -0.2) is 58.4 Å². The lowest BCUT2D eigenvalue weighted by molar-refractivity contribution is 0.208. The standard InChI is InChI=1S/C22H29N3O4/c1-5-16-8-6-7-9-18(16)24-10-12-25(13-11-24)22(26)23-17-14-19(27-2)21(29-4)20(15-17)28-3/h6-9,14-15H,5,10-13H2,1-4H3,(H,23,26). The first-order valence-corrected chi connectivity index (χ1v) is 9.80. The predicted octanol–water partition coefficient (Wildman–Crippen LogP) is 3.63. The van der Waals surface area contributed by atoms with Crippen molar-refractivity contribution in [3.05, 3.63) is 42.0 Å². The Kier molecular flexibility index (Phi) is 6.69. The highest BCUT2D eigenvalue weighted by Crippen LogP contribution is 2.40. The number of rotatable bonds is 6. The van der Waals surface area contributed by atoms with Crippen molar-refractivity contribution < 1.29 is 19.0 Å². The van der Waals surface area contributed by atoms with Crippen molar-refractivity contribution in [3.8, 4) is 17.2 Å². The van der Waals surface area contributed by atoms with Crippen LogP contribution in [-0.2, 0) is 6.42 Å². The minimum absolute atomic E-state index is 0.136. The summed E-state index contributed by atoms with van der Waals surface area (Å²) in [6.45, 7) is 5.10. The third-order valence-corrected chi connectivity index (χ3v) is 5.20. The average Bonchev–Trinajstić information content (AvgIpc) is 2.78. The van der Waals surface area contributed by atoms with Gasteiger partial charge in [0.25, 0.3) is 0 Å². The van der Waals surface area contributed by atoms with E-state index in [4.69, 9.17) is 14.2 Å². The van der Waals surface area contributed by atoms with Crippen LogP contribution in [0.25, 0.3) is 0 Å². The molecule has 1 saturated heterocycles. The Labute approximate surface area is 172 Å². The van der Waals surface area contributed by atoms with Gasteiger partial charge in [-0.2, -0.15) is 0 Å². The fourth-order valence-electron chi connectivity index (χ4n) is 3.62. The van der Waals surface area contributed by atoms with Crippen LogP contribution < -0.4 is 24.4 Å². The summed E-state index contributed by atoms with van der Waals surface area (Å²) in [5.74, 6) is 1.50. The van der Waals surface area contributed by atoms with Gasteiger partial charge in [0, 0.05) is 44.0 Å². The molecule has 0 radical (unpaired) electrons. The smallest absolute Gasteiger partial charge is 0.321 e. The fourth-order valence-corrected chi connectivity index (χ4v) is 3.62. The zero-order valence-corrected chi connectivity index (χ0v) is 17.5. The van der Waals surface area contributed by atoms with Crippen LogP contribution in [0, 0.1) is 0 Å². The quantitative estimate of drug-likeness (QED) is 0.804. The summed E-state index contributed by atoms with van der Waals surface area (Å²) in [4.78, 5) is 16.9. The summed E-state index contributed by atoms with van der Waals surface area (Å²) < 4.78 is 16.0. The fraction of sp³-hybridized carbons (Fsp3) is 0.409. The molecular formula is C22H29N3O4. The highest BCUT2D eigenvalue weighted by Gasteiger charge is 2.23. The summed E-state index contributed by atoms with van der Waals surface area (Å²) in [6.07, 6.45) is 0.998. The topological polar surface area (TPSA) is 63.3 Å². The third-order valence-electron chi connectivity index (χ3n) is 5.20. The number of anilines is 2. The normalized spacial score (nSPS) is 13.8. The first-order chi connectivity index (χ1) is 14.1. The van der Waals surface area contributed by atoms with E-state index < -0.39 is 0 Å². The number of para-hydroxylation sites is 1. The SMILES string of the molecule is CCc1ccccc1N1CCN(C(=O)Nc2cc(OC)c(OC)c(OC)c2)CC1. The number of aryl methyl sites for hydroxylation is 1. The maximum Gasteiger partial charge on any atom is 0.321 e. The van der Waals surface area contributed by atoms with Gasteiger partial charge in [0.1, 0.15) is 0 Å². The largest absolute Gasteiger partial charge is 0.493 e. The molecule has 0 unspecified atom stereocenters. The van der Waals surface area contributed by atoms with Crippen molar-refractivity contribution >= 4 is 17.4 Å². The van der Waals surface area contributed by atoms with Gasteiger partial charge in [0.05, 0.1) is 27.0 Å². The van der Waals surface area contributed by atoms with Crippen molar-refractivity contribution in [1.29, 1.82) is 0 Å². The minimum Gasteiger partial charge on any atom is -0.493 e. The second-order valence-corrected chi connectivity index (χ2v) is 6.80. The van der Waals surface area contributed by atoms with Gasteiger partial charge in [-0.25, -0.2) is 4.79 Å². The Morgan fingerprint density at radius 3 is 2.14 bits per heavy atom. The number of piperazine rings is 1. The minimum atomic E-state index is -0.136. The number of nitrogens with zero attached hydrogens (tertiary/aromatic N) is 2. The number of carbonyl (C=O) groups excluding carboxylic acids is 1. The van der Waals surface area contributed by atoms with Gasteiger partial charge in [-0.15, -0.1) is 0 Å². The van der Waals surface area contributed by atoms with Crippen LogP contribution in [0.3, 0.4) is 0 Å². The first-order valence-electron chi connectivity index (χ1n) is 9.80. The average molecular weight is 399 g/mol. The number of amides is 2. The predicted molar refractivity (Wildman–Crippen MR) is 115 cm³/mol. The molecule has 0 bridgehead atoms. The van der Waals surface area contributed by atoms with Crippen LogP contribution in [0.15, 0.2) is 36.4 Å². The Bertz CT molecular complexity index is 823. The van der Waals surface area contributed by atoms with Gasteiger partial charge >= 0.3 is 6.03 Å². The number of nitrogens with one attached hydrogen (secondary N) is 1. The van der Waals surface area contributed by atoms with E-state index in [1.54, 1.807) is 33.5 Å². The molecule has 3 rings (SSSR count). The van der Waals surface area contributed by atoms with Gasteiger partial charge < -0.3 is 29.3 Å². The Morgan fingerprint density at radius 2 is 1.59 bits per heavy atom. The summed E-state index contributed by atoms with van der Waals surface area (Å²) in [6, 6.07) is 11.8. The van der Waals surface area contributed by atoms with Crippen LogP contribution in [0.2, 0.25) is 0 Å². The Morgan fingerprint density at radius 1 is 0.966 bits per heavy atom. The lowest BCUT2D eigenvalue weighted by Crippen LogP contribution is -2.50. The molecule has 156 valence electrons. The van der Waals surface area contributed by atoms with Gasteiger partial charge in [0.15, 0.2) is 11.5 Å². The molecule has 1 fully saturated rings. The number of urea groups is 1. The van der Waals surface area contributed by atoms with Gasteiger partial charge in [-0.05, 0) is 18.1 Å². The summed E-state index contributed by atoms with van der Waals surface area (Å²) in [5, 5.41) is 2.94. The van der Waals surface area contributed by atoms with Crippen LogP contribution >= 0.6 is 0 Å². The molecular weight excluding hydrogens is 370 g/mol. The first kappa shape index (κ1) is 20.6. The lowest BCUT2D eigenvalue weighted by Gasteiger charge is -2.37. The molecule has 0 aromatic heterocycles. The molecule has 1 aliphatic heterocycles. The van der Waals surface area contributed by atoms with Gasteiger partial charge in [0.2, 0.25) is 5.75 Å². The zero-order valence-electron chi connectivity index (χ0n) is 17.5. The van der Waals surface area contributed by atoms with Gasteiger partial charge in [-0.3, -0.25) is 0 Å². The Hall–Kier alpha value is -3.09. The molecule has 1 N–H and O–H groups in total. The Balaban J connectivity index is 1.66. The molecule has 7 nitrogen and oxygen atoms in total. The molecule has 2 aromatic carbocycles. The van der Waals surface area contributed by atoms with E-state index in [0.29, 0.717) is 36.0 Å². The number of benzene rings is 2. The van der Waals surface area contributed by atoms with E-state index in [1.807, 2.05) is 4.90 Å². The van der Waals surface area contributed by atoms with Crippen molar-refractivity contribution in [2.75, 3.05) is 57.7 Å². The van der Waals surface area contributed by atoms with E-state index in [9.17, 15) is 4.79 Å². The number of ether oxygens (including phenoxy) is 3. The lowest BCUT2D eigenvalue weighted by atomic mass is 10.1. The van der Waals surface area contributed by atoms with Crippen molar-refractivity contribution in [1.82, 2.24) is 4.90 Å². The highest BCUT2D eigenvalue weighted by atomic mass is 16.5. The van der Waals surface area contributed by atoms with E-state index in [-0.39, 0.29) is 6.03 Å². The second-order valence-electron chi connectivity index (χ2n) is 6.80. The molecule has 2 aromatic rings. The van der Waals surface area contributed by atoms with Crippen molar-refractivity contribution in [3.63, 3.8) is 0 Å². The monoisotopic (exact) mass is 399 g/mol. The van der Waals surface area contributed by atoms with Crippen LogP contribution in [0.4, 0.5) is 16.2 Å². The third kappa shape index (κ3) is 4.50. The summed E-state index contributed by atoms with van der Waals surface area (Å²) in [7, 11) is 4.65. The van der Waals surface area contributed by atoms with Crippen molar-refractivity contribution in [2.45, 2.75) is 13.3 Å². The number of methoxy groups -OCH3 is 3. The van der Waals surface area contributed by atoms with E-state index in [0.717, 1.165) is 19.5 Å². The second kappa shape index (κ2) is 9.41. The molecule has 29 heavy (non-hydrogen) atoms. The number of hydrogen-bond donors (Lipinski definition) is 1. The summed E-state index contributed by atoms with van der Waals surface area (Å²) >= 11 is 0. The zero-order chi connectivity index (χ0) is 20.8.